The molecule has 2 aromatic carbocycles. The third-order valence-electron chi connectivity index (χ3n) is 4.22. The Hall–Kier alpha value is -2.22. The van der Waals surface area contributed by atoms with Gasteiger partial charge in [0.05, 0.1) is 18.4 Å². The minimum absolute atomic E-state index is 0. The van der Waals surface area contributed by atoms with E-state index in [1.165, 1.54) is 0 Å². The molecule has 28 heavy (non-hydrogen) atoms. The number of anilines is 2. The Morgan fingerprint density at radius 2 is 1.89 bits per heavy atom. The van der Waals surface area contributed by atoms with E-state index in [2.05, 4.69) is 16.0 Å². The third kappa shape index (κ3) is 6.15. The van der Waals surface area contributed by atoms with E-state index in [-0.39, 0.29) is 30.3 Å². The van der Waals surface area contributed by atoms with Gasteiger partial charge in [-0.1, -0.05) is 12.1 Å². The first kappa shape index (κ1) is 22.1. The number of benzene rings is 2. The number of para-hydroxylation sites is 1. The van der Waals surface area contributed by atoms with Crippen molar-refractivity contribution in [1.82, 2.24) is 5.32 Å². The fourth-order valence-corrected chi connectivity index (χ4v) is 3.79. The number of ether oxygens (including phenoxy) is 1. The summed E-state index contributed by atoms with van der Waals surface area (Å²) in [5.41, 5.74) is 1.59. The van der Waals surface area contributed by atoms with Gasteiger partial charge in [-0.25, -0.2) is 0 Å². The maximum absolute atomic E-state index is 12.7. The highest BCUT2D eigenvalue weighted by molar-refractivity contribution is 7.99. The van der Waals surface area contributed by atoms with Crippen LogP contribution in [-0.2, 0) is 4.79 Å². The van der Waals surface area contributed by atoms with Gasteiger partial charge >= 0.3 is 0 Å². The molecule has 3 N–H and O–H groups in total. The van der Waals surface area contributed by atoms with Crippen molar-refractivity contribution < 1.29 is 14.3 Å². The Kier molecular flexibility index (Phi) is 8.63. The van der Waals surface area contributed by atoms with Gasteiger partial charge < -0.3 is 20.7 Å². The van der Waals surface area contributed by atoms with Crippen LogP contribution in [0, 0.1) is 0 Å². The first-order valence-electron chi connectivity index (χ1n) is 8.81. The number of methoxy groups -OCH3 is 1. The van der Waals surface area contributed by atoms with Crippen LogP contribution in [0.2, 0.25) is 0 Å². The molecular formula is C20H24ClN3O3S. The van der Waals surface area contributed by atoms with Gasteiger partial charge in [-0.15, -0.1) is 12.4 Å². The summed E-state index contributed by atoms with van der Waals surface area (Å²) in [6.07, 6.45) is 0.390. The largest absolute Gasteiger partial charge is 0.497 e. The van der Waals surface area contributed by atoms with E-state index in [1.54, 1.807) is 55.6 Å². The maximum Gasteiger partial charge on any atom is 0.257 e. The molecule has 150 valence electrons. The van der Waals surface area contributed by atoms with Crippen molar-refractivity contribution in [1.29, 1.82) is 0 Å². The van der Waals surface area contributed by atoms with Crippen LogP contribution in [-0.4, -0.2) is 43.0 Å². The van der Waals surface area contributed by atoms with Gasteiger partial charge in [0.2, 0.25) is 5.91 Å². The number of hydrogen-bond donors (Lipinski definition) is 3. The number of hydrogen-bond acceptors (Lipinski definition) is 5. The van der Waals surface area contributed by atoms with Crippen molar-refractivity contribution in [3.63, 3.8) is 0 Å². The Morgan fingerprint density at radius 1 is 1.14 bits per heavy atom. The molecule has 0 aliphatic carbocycles. The lowest BCUT2D eigenvalue weighted by Gasteiger charge is -2.22. The van der Waals surface area contributed by atoms with Crippen molar-refractivity contribution in [3.8, 4) is 5.75 Å². The summed E-state index contributed by atoms with van der Waals surface area (Å²) < 4.78 is 5.12. The second-order valence-corrected chi connectivity index (χ2v) is 7.36. The van der Waals surface area contributed by atoms with Crippen molar-refractivity contribution in [2.75, 3.05) is 35.8 Å². The zero-order valence-electron chi connectivity index (χ0n) is 15.6. The smallest absolute Gasteiger partial charge is 0.257 e. The first-order chi connectivity index (χ1) is 13.2. The van der Waals surface area contributed by atoms with E-state index < -0.39 is 0 Å². The summed E-state index contributed by atoms with van der Waals surface area (Å²) >= 11 is 1.85. The SMILES string of the molecule is COc1ccc(NC(=O)c2ccccc2NC(=O)CC2CSCCN2)cc1.Cl. The average molecular weight is 422 g/mol. The Balaban J connectivity index is 0.00000280. The van der Waals surface area contributed by atoms with Crippen molar-refractivity contribution in [2.24, 2.45) is 0 Å². The summed E-state index contributed by atoms with van der Waals surface area (Å²) in [5.74, 6) is 2.34. The Bertz CT molecular complexity index is 796. The fraction of sp³-hybridized carbons (Fsp3) is 0.300. The molecule has 0 aromatic heterocycles. The standard InChI is InChI=1S/C20H23N3O3S.ClH/c1-26-16-8-6-14(7-9-16)22-20(25)17-4-2-3-5-18(17)23-19(24)12-15-13-27-11-10-21-15;/h2-9,15,21H,10-13H2,1H3,(H,22,25)(H,23,24);1H. The van der Waals surface area contributed by atoms with Gasteiger partial charge in [0.15, 0.2) is 0 Å². The van der Waals surface area contributed by atoms with Gasteiger partial charge in [-0.3, -0.25) is 9.59 Å². The molecule has 1 unspecified atom stereocenters. The second kappa shape index (κ2) is 10.9. The molecule has 3 rings (SSSR count). The van der Waals surface area contributed by atoms with E-state index in [0.29, 0.717) is 23.4 Å². The molecule has 1 aliphatic rings. The molecule has 1 aliphatic heterocycles. The summed E-state index contributed by atoms with van der Waals surface area (Å²) in [6.45, 7) is 0.920. The Labute approximate surface area is 175 Å². The van der Waals surface area contributed by atoms with Crippen LogP contribution in [0.3, 0.4) is 0 Å². The highest BCUT2D eigenvalue weighted by Crippen LogP contribution is 2.20. The minimum atomic E-state index is -0.276. The van der Waals surface area contributed by atoms with E-state index in [0.717, 1.165) is 23.8 Å². The number of rotatable bonds is 6. The molecule has 6 nitrogen and oxygen atoms in total. The summed E-state index contributed by atoms with van der Waals surface area (Å²) in [6, 6.07) is 14.3. The summed E-state index contributed by atoms with van der Waals surface area (Å²) in [5, 5.41) is 9.06. The molecule has 0 spiro atoms. The van der Waals surface area contributed by atoms with Gasteiger partial charge in [-0.2, -0.15) is 11.8 Å². The number of halogens is 1. The third-order valence-corrected chi connectivity index (χ3v) is 5.35. The van der Waals surface area contributed by atoms with Crippen LogP contribution < -0.4 is 20.7 Å². The molecule has 2 aromatic rings. The van der Waals surface area contributed by atoms with Crippen LogP contribution in [0.1, 0.15) is 16.8 Å². The fourth-order valence-electron chi connectivity index (χ4n) is 2.84. The summed E-state index contributed by atoms with van der Waals surface area (Å²) in [4.78, 5) is 25.0. The molecule has 0 bridgehead atoms. The molecule has 0 saturated carbocycles. The number of thioether (sulfide) groups is 1. The number of amides is 2. The van der Waals surface area contributed by atoms with Crippen LogP contribution in [0.15, 0.2) is 48.5 Å². The topological polar surface area (TPSA) is 79.5 Å². The highest BCUT2D eigenvalue weighted by atomic mass is 35.5. The first-order valence-corrected chi connectivity index (χ1v) is 9.96. The van der Waals surface area contributed by atoms with Gasteiger partial charge in [-0.05, 0) is 36.4 Å². The van der Waals surface area contributed by atoms with Crippen molar-refractivity contribution >= 4 is 47.4 Å². The predicted octanol–water partition coefficient (Wildman–Crippen LogP) is 3.40. The van der Waals surface area contributed by atoms with Crippen molar-refractivity contribution in [2.45, 2.75) is 12.5 Å². The van der Waals surface area contributed by atoms with E-state index in [1.807, 2.05) is 11.8 Å². The maximum atomic E-state index is 12.7. The van der Waals surface area contributed by atoms with Crippen LogP contribution in [0.5, 0.6) is 5.75 Å². The van der Waals surface area contributed by atoms with Crippen LogP contribution in [0.4, 0.5) is 11.4 Å². The lowest BCUT2D eigenvalue weighted by Crippen LogP contribution is -2.40. The van der Waals surface area contributed by atoms with Gasteiger partial charge in [0, 0.05) is 36.2 Å². The van der Waals surface area contributed by atoms with E-state index in [4.69, 9.17) is 4.74 Å². The van der Waals surface area contributed by atoms with E-state index in [9.17, 15) is 9.59 Å². The van der Waals surface area contributed by atoms with Gasteiger partial charge in [0.25, 0.3) is 5.91 Å². The minimum Gasteiger partial charge on any atom is -0.497 e. The number of carbonyl (C=O) groups excluding carboxylic acids is 2. The molecule has 2 amide bonds. The number of carbonyl (C=O) groups is 2. The zero-order chi connectivity index (χ0) is 19.1. The highest BCUT2D eigenvalue weighted by Gasteiger charge is 2.18. The molecule has 1 heterocycles. The number of nitrogens with one attached hydrogen (secondary N) is 3. The molecule has 1 saturated heterocycles. The Morgan fingerprint density at radius 3 is 2.57 bits per heavy atom. The molecule has 1 fully saturated rings. The quantitative estimate of drug-likeness (QED) is 0.666. The zero-order valence-corrected chi connectivity index (χ0v) is 17.2. The normalized spacial score (nSPS) is 15.8. The van der Waals surface area contributed by atoms with E-state index >= 15 is 0 Å². The lowest BCUT2D eigenvalue weighted by molar-refractivity contribution is -0.116. The summed E-state index contributed by atoms with van der Waals surface area (Å²) in [7, 11) is 1.59. The molecule has 8 heteroatoms. The average Bonchev–Trinajstić information content (AvgIpc) is 2.69. The molecule has 0 radical (unpaired) electrons. The predicted molar refractivity (Wildman–Crippen MR) is 117 cm³/mol. The van der Waals surface area contributed by atoms with Gasteiger partial charge in [0.1, 0.15) is 5.75 Å². The lowest BCUT2D eigenvalue weighted by atomic mass is 10.1. The molecule has 1 atom stereocenters. The monoisotopic (exact) mass is 421 g/mol. The van der Waals surface area contributed by atoms with Crippen molar-refractivity contribution in [3.05, 3.63) is 54.1 Å². The second-order valence-electron chi connectivity index (χ2n) is 6.21. The van der Waals surface area contributed by atoms with Crippen LogP contribution >= 0.6 is 24.2 Å². The van der Waals surface area contributed by atoms with Crippen LogP contribution in [0.25, 0.3) is 0 Å². The molecular weight excluding hydrogens is 398 g/mol.